The Labute approximate surface area is 109 Å². The van der Waals surface area contributed by atoms with Gasteiger partial charge in [0, 0.05) is 5.92 Å². The molecule has 1 N–H and O–H groups in total. The summed E-state index contributed by atoms with van der Waals surface area (Å²) in [7, 11) is 0. The van der Waals surface area contributed by atoms with Crippen molar-refractivity contribution in [2.45, 2.75) is 69.7 Å². The Hall–Kier alpha value is -0.900. The Morgan fingerprint density at radius 3 is 2.28 bits per heavy atom. The quantitative estimate of drug-likeness (QED) is 0.873. The van der Waals surface area contributed by atoms with E-state index < -0.39 is 0 Å². The van der Waals surface area contributed by atoms with E-state index in [1.165, 1.54) is 51.4 Å². The van der Waals surface area contributed by atoms with Crippen molar-refractivity contribution in [3.05, 3.63) is 11.8 Å². The van der Waals surface area contributed by atoms with E-state index in [4.69, 9.17) is 4.42 Å². The highest BCUT2D eigenvalue weighted by atomic mass is 16.4. The molecule has 0 aromatic carbocycles. The highest BCUT2D eigenvalue weighted by Crippen LogP contribution is 2.31. The Morgan fingerprint density at radius 1 is 0.833 bits per heavy atom. The lowest BCUT2D eigenvalue weighted by Gasteiger charge is -2.15. The summed E-state index contributed by atoms with van der Waals surface area (Å²) >= 11 is 0. The average Bonchev–Trinajstić information content (AvgIpc) is 2.98. The van der Waals surface area contributed by atoms with E-state index >= 15 is 0 Å². The average molecular weight is 249 g/mol. The minimum Gasteiger partial charge on any atom is -0.423 e. The summed E-state index contributed by atoms with van der Waals surface area (Å²) in [5.41, 5.74) is 0. The van der Waals surface area contributed by atoms with Gasteiger partial charge in [0.05, 0.1) is 6.04 Å². The van der Waals surface area contributed by atoms with Crippen LogP contribution in [0.4, 0.5) is 0 Å². The molecule has 1 saturated heterocycles. The number of hydrogen-bond acceptors (Lipinski definition) is 4. The first-order chi connectivity index (χ1) is 8.93. The van der Waals surface area contributed by atoms with Crippen molar-refractivity contribution in [1.29, 1.82) is 0 Å². The van der Waals surface area contributed by atoms with Crippen LogP contribution in [0.3, 0.4) is 0 Å². The molecule has 4 heteroatoms. The van der Waals surface area contributed by atoms with Crippen molar-refractivity contribution >= 4 is 0 Å². The molecule has 0 bridgehead atoms. The second-order valence-electron chi connectivity index (χ2n) is 5.67. The zero-order valence-corrected chi connectivity index (χ0v) is 11.0. The molecule has 4 nitrogen and oxygen atoms in total. The highest BCUT2D eigenvalue weighted by Gasteiger charge is 2.25. The predicted molar refractivity (Wildman–Crippen MR) is 69.3 cm³/mol. The molecule has 1 aromatic heterocycles. The lowest BCUT2D eigenvalue weighted by atomic mass is 9.91. The second kappa shape index (κ2) is 5.83. The monoisotopic (exact) mass is 249 g/mol. The van der Waals surface area contributed by atoms with Crippen molar-refractivity contribution in [3.63, 3.8) is 0 Å². The van der Waals surface area contributed by atoms with E-state index in [-0.39, 0.29) is 0 Å². The van der Waals surface area contributed by atoms with E-state index in [0.717, 1.165) is 24.7 Å². The van der Waals surface area contributed by atoms with Gasteiger partial charge in [0.15, 0.2) is 0 Å². The standard InChI is InChI=1S/C14H23N3O/c1-2-4-7-11(8-5-3-1)13-16-17-14(18-13)12-9-6-10-15-12/h11-12,15H,1-10H2. The van der Waals surface area contributed by atoms with Gasteiger partial charge in [-0.2, -0.15) is 0 Å². The Morgan fingerprint density at radius 2 is 1.56 bits per heavy atom. The number of aromatic nitrogens is 2. The van der Waals surface area contributed by atoms with Gasteiger partial charge in [0.2, 0.25) is 11.8 Å². The molecule has 3 rings (SSSR count). The minimum absolute atomic E-state index is 0.305. The van der Waals surface area contributed by atoms with Crippen LogP contribution in [0.2, 0.25) is 0 Å². The summed E-state index contributed by atoms with van der Waals surface area (Å²) in [5.74, 6) is 2.21. The highest BCUT2D eigenvalue weighted by molar-refractivity contribution is 4.97. The summed E-state index contributed by atoms with van der Waals surface area (Å²) in [6, 6.07) is 0.305. The van der Waals surface area contributed by atoms with Gasteiger partial charge in [-0.1, -0.05) is 32.1 Å². The van der Waals surface area contributed by atoms with Gasteiger partial charge >= 0.3 is 0 Å². The van der Waals surface area contributed by atoms with E-state index in [0.29, 0.717) is 12.0 Å². The first kappa shape index (κ1) is 12.2. The number of hydrogen-bond donors (Lipinski definition) is 1. The van der Waals surface area contributed by atoms with Crippen LogP contribution in [0.15, 0.2) is 4.42 Å². The summed E-state index contributed by atoms with van der Waals surface area (Å²) < 4.78 is 5.92. The molecule has 1 unspecified atom stereocenters. The molecule has 100 valence electrons. The molecular formula is C14H23N3O. The normalized spacial score (nSPS) is 27.0. The van der Waals surface area contributed by atoms with E-state index in [1.807, 2.05) is 0 Å². The number of rotatable bonds is 2. The van der Waals surface area contributed by atoms with Crippen LogP contribution in [0.25, 0.3) is 0 Å². The first-order valence-electron chi connectivity index (χ1n) is 7.50. The van der Waals surface area contributed by atoms with Crippen molar-refractivity contribution in [2.24, 2.45) is 0 Å². The molecular weight excluding hydrogens is 226 g/mol. The van der Waals surface area contributed by atoms with Crippen molar-refractivity contribution < 1.29 is 4.42 Å². The van der Waals surface area contributed by atoms with Gasteiger partial charge in [0.1, 0.15) is 0 Å². The third-order valence-electron chi connectivity index (χ3n) is 4.27. The fraction of sp³-hybridized carbons (Fsp3) is 0.857. The van der Waals surface area contributed by atoms with Crippen LogP contribution < -0.4 is 5.32 Å². The van der Waals surface area contributed by atoms with E-state index in [2.05, 4.69) is 15.5 Å². The molecule has 0 spiro atoms. The molecule has 2 heterocycles. The van der Waals surface area contributed by atoms with Crippen molar-refractivity contribution in [1.82, 2.24) is 15.5 Å². The Kier molecular flexibility index (Phi) is 3.93. The summed E-state index contributed by atoms with van der Waals surface area (Å²) in [6.45, 7) is 1.08. The molecule has 1 aliphatic carbocycles. The second-order valence-corrected chi connectivity index (χ2v) is 5.67. The summed E-state index contributed by atoms with van der Waals surface area (Å²) in [5, 5.41) is 12.0. The lowest BCUT2D eigenvalue weighted by Crippen LogP contribution is -2.13. The smallest absolute Gasteiger partial charge is 0.233 e. The van der Waals surface area contributed by atoms with Crippen LogP contribution >= 0.6 is 0 Å². The maximum atomic E-state index is 5.92. The number of nitrogens with one attached hydrogen (secondary N) is 1. The molecule has 1 saturated carbocycles. The van der Waals surface area contributed by atoms with Gasteiger partial charge in [-0.15, -0.1) is 10.2 Å². The largest absolute Gasteiger partial charge is 0.423 e. The van der Waals surface area contributed by atoms with Crippen LogP contribution in [-0.4, -0.2) is 16.7 Å². The molecule has 1 aliphatic heterocycles. The molecule has 0 amide bonds. The summed E-state index contributed by atoms with van der Waals surface area (Å²) in [4.78, 5) is 0. The van der Waals surface area contributed by atoms with Gasteiger partial charge in [-0.25, -0.2) is 0 Å². The van der Waals surface area contributed by atoms with Gasteiger partial charge in [-0.05, 0) is 32.2 Å². The Balaban J connectivity index is 1.66. The fourth-order valence-electron chi connectivity index (χ4n) is 3.15. The first-order valence-corrected chi connectivity index (χ1v) is 7.50. The molecule has 1 aromatic rings. The van der Waals surface area contributed by atoms with Gasteiger partial charge in [0.25, 0.3) is 0 Å². The third kappa shape index (κ3) is 2.74. The zero-order chi connectivity index (χ0) is 12.2. The minimum atomic E-state index is 0.305. The number of nitrogens with zero attached hydrogens (tertiary/aromatic N) is 2. The predicted octanol–water partition coefficient (Wildman–Crippen LogP) is 3.32. The van der Waals surface area contributed by atoms with Crippen LogP contribution in [0, 0.1) is 0 Å². The van der Waals surface area contributed by atoms with Crippen LogP contribution in [-0.2, 0) is 0 Å². The Bertz CT molecular complexity index is 363. The van der Waals surface area contributed by atoms with Crippen LogP contribution in [0.5, 0.6) is 0 Å². The fourth-order valence-corrected chi connectivity index (χ4v) is 3.15. The molecule has 0 radical (unpaired) electrons. The maximum Gasteiger partial charge on any atom is 0.233 e. The van der Waals surface area contributed by atoms with E-state index in [1.54, 1.807) is 0 Å². The van der Waals surface area contributed by atoms with Crippen molar-refractivity contribution in [3.8, 4) is 0 Å². The molecule has 1 atom stereocenters. The van der Waals surface area contributed by atoms with E-state index in [9.17, 15) is 0 Å². The molecule has 2 aliphatic rings. The topological polar surface area (TPSA) is 51.0 Å². The molecule has 2 fully saturated rings. The molecule has 18 heavy (non-hydrogen) atoms. The third-order valence-corrected chi connectivity index (χ3v) is 4.27. The SMILES string of the molecule is C1CCCC(c2nnc(C3CCCN3)o2)CCC1. The lowest BCUT2D eigenvalue weighted by molar-refractivity contribution is 0.346. The summed E-state index contributed by atoms with van der Waals surface area (Å²) in [6.07, 6.45) is 11.5. The van der Waals surface area contributed by atoms with Gasteiger partial charge in [-0.3, -0.25) is 0 Å². The van der Waals surface area contributed by atoms with Gasteiger partial charge < -0.3 is 9.73 Å². The zero-order valence-electron chi connectivity index (χ0n) is 11.0. The van der Waals surface area contributed by atoms with Crippen LogP contribution in [0.1, 0.15) is 81.5 Å². The van der Waals surface area contributed by atoms with Crippen molar-refractivity contribution in [2.75, 3.05) is 6.54 Å². The maximum absolute atomic E-state index is 5.92.